The van der Waals surface area contributed by atoms with Gasteiger partial charge in [-0.05, 0) is 17.7 Å². The number of hydrogen-bond acceptors (Lipinski definition) is 6. The van der Waals surface area contributed by atoms with Crippen LogP contribution in [0.3, 0.4) is 0 Å². The molecule has 0 bridgehead atoms. The molecule has 0 aliphatic carbocycles. The number of sulfonamides is 1. The van der Waals surface area contributed by atoms with E-state index in [0.29, 0.717) is 0 Å². The van der Waals surface area contributed by atoms with Crippen molar-refractivity contribution in [3.8, 4) is 0 Å². The zero-order valence-corrected chi connectivity index (χ0v) is 14.4. The third-order valence-electron chi connectivity index (χ3n) is 3.89. The van der Waals surface area contributed by atoms with E-state index in [0.717, 1.165) is 44.8 Å². The van der Waals surface area contributed by atoms with E-state index in [9.17, 15) is 8.42 Å². The minimum atomic E-state index is -3.32. The number of nitrogens with one attached hydrogen (secondary N) is 1. The maximum Gasteiger partial charge on any atom is 0.231 e. The molecular formula is C16H21N5O2S. The van der Waals surface area contributed by atoms with Gasteiger partial charge in [0.05, 0.1) is 6.26 Å². The highest BCUT2D eigenvalue weighted by Crippen LogP contribution is 2.16. The van der Waals surface area contributed by atoms with Gasteiger partial charge >= 0.3 is 0 Å². The van der Waals surface area contributed by atoms with E-state index in [1.54, 1.807) is 12.1 Å². The average Bonchev–Trinajstić information content (AvgIpc) is 2.56. The summed E-state index contributed by atoms with van der Waals surface area (Å²) in [6.07, 6.45) is 1.09. The molecule has 0 amide bonds. The Hall–Kier alpha value is -2.19. The number of benzene rings is 1. The Balaban J connectivity index is 1.54. The SMILES string of the molecule is CS(=O)(=O)Nc1ccc(N2CCN(Cc3ccccc3)CC2)nn1. The van der Waals surface area contributed by atoms with E-state index in [2.05, 4.69) is 49.0 Å². The van der Waals surface area contributed by atoms with Crippen molar-refractivity contribution in [2.45, 2.75) is 6.54 Å². The van der Waals surface area contributed by atoms with E-state index in [4.69, 9.17) is 0 Å². The van der Waals surface area contributed by atoms with Gasteiger partial charge in [0.1, 0.15) is 0 Å². The molecule has 0 unspecified atom stereocenters. The average molecular weight is 347 g/mol. The Kier molecular flexibility index (Phi) is 4.96. The van der Waals surface area contributed by atoms with Crippen molar-refractivity contribution >= 4 is 21.7 Å². The van der Waals surface area contributed by atoms with E-state index in [1.165, 1.54) is 5.56 Å². The van der Waals surface area contributed by atoms with Gasteiger partial charge in [-0.15, -0.1) is 10.2 Å². The molecule has 1 aliphatic rings. The fourth-order valence-corrected chi connectivity index (χ4v) is 3.20. The first-order chi connectivity index (χ1) is 11.5. The first-order valence-corrected chi connectivity index (χ1v) is 9.71. The van der Waals surface area contributed by atoms with E-state index in [1.807, 2.05) is 6.07 Å². The molecule has 0 radical (unpaired) electrons. The van der Waals surface area contributed by atoms with Crippen LogP contribution in [0.25, 0.3) is 0 Å². The summed E-state index contributed by atoms with van der Waals surface area (Å²) in [5.41, 5.74) is 1.32. The van der Waals surface area contributed by atoms with Gasteiger partial charge in [0.15, 0.2) is 11.6 Å². The summed E-state index contributed by atoms with van der Waals surface area (Å²) in [7, 11) is -3.32. The summed E-state index contributed by atoms with van der Waals surface area (Å²) in [6.45, 7) is 4.62. The lowest BCUT2D eigenvalue weighted by Gasteiger charge is -2.35. The molecule has 1 saturated heterocycles. The van der Waals surface area contributed by atoms with Gasteiger partial charge in [-0.3, -0.25) is 9.62 Å². The van der Waals surface area contributed by atoms with Crippen molar-refractivity contribution in [3.63, 3.8) is 0 Å². The van der Waals surface area contributed by atoms with Crippen molar-refractivity contribution in [3.05, 3.63) is 48.0 Å². The van der Waals surface area contributed by atoms with Crippen molar-refractivity contribution in [1.29, 1.82) is 0 Å². The summed E-state index contributed by atoms with van der Waals surface area (Å²) < 4.78 is 24.7. The standard InChI is InChI=1S/C16H21N5O2S/c1-24(22,23)19-15-7-8-16(18-17-15)21-11-9-20(10-12-21)13-14-5-3-2-4-6-14/h2-8H,9-13H2,1H3,(H,17,19). The van der Waals surface area contributed by atoms with Gasteiger partial charge in [-0.1, -0.05) is 30.3 Å². The van der Waals surface area contributed by atoms with Crippen LogP contribution in [-0.2, 0) is 16.6 Å². The smallest absolute Gasteiger partial charge is 0.231 e. The summed E-state index contributed by atoms with van der Waals surface area (Å²) in [6, 6.07) is 13.9. The fraction of sp³-hybridized carbons (Fsp3) is 0.375. The summed E-state index contributed by atoms with van der Waals surface area (Å²) in [5.74, 6) is 1.01. The second kappa shape index (κ2) is 7.14. The Morgan fingerprint density at radius 1 is 1.00 bits per heavy atom. The predicted molar refractivity (Wildman–Crippen MR) is 94.4 cm³/mol. The van der Waals surface area contributed by atoms with Crippen LogP contribution in [0.4, 0.5) is 11.6 Å². The van der Waals surface area contributed by atoms with Crippen LogP contribution in [0.5, 0.6) is 0 Å². The molecule has 24 heavy (non-hydrogen) atoms. The van der Waals surface area contributed by atoms with Crippen LogP contribution >= 0.6 is 0 Å². The fourth-order valence-electron chi connectivity index (χ4n) is 2.71. The zero-order chi connectivity index (χ0) is 17.0. The minimum absolute atomic E-state index is 0.240. The molecule has 3 rings (SSSR count). The molecular weight excluding hydrogens is 326 g/mol. The lowest BCUT2D eigenvalue weighted by molar-refractivity contribution is 0.249. The normalized spacial score (nSPS) is 16.1. The van der Waals surface area contributed by atoms with Crippen molar-refractivity contribution in [1.82, 2.24) is 15.1 Å². The first-order valence-electron chi connectivity index (χ1n) is 7.82. The first kappa shape index (κ1) is 16.7. The Labute approximate surface area is 142 Å². The van der Waals surface area contributed by atoms with Gasteiger partial charge in [0.25, 0.3) is 0 Å². The lowest BCUT2D eigenvalue weighted by atomic mass is 10.2. The van der Waals surface area contributed by atoms with Crippen LogP contribution in [0.2, 0.25) is 0 Å². The second-order valence-corrected chi connectivity index (χ2v) is 7.65. The zero-order valence-electron chi connectivity index (χ0n) is 13.6. The Morgan fingerprint density at radius 3 is 2.29 bits per heavy atom. The third kappa shape index (κ3) is 4.65. The number of piperazine rings is 1. The molecule has 2 aromatic rings. The molecule has 1 N–H and O–H groups in total. The monoisotopic (exact) mass is 347 g/mol. The topological polar surface area (TPSA) is 78.4 Å². The number of anilines is 2. The third-order valence-corrected chi connectivity index (χ3v) is 4.47. The predicted octanol–water partition coefficient (Wildman–Crippen LogP) is 1.17. The van der Waals surface area contributed by atoms with Crippen molar-refractivity contribution in [2.24, 2.45) is 0 Å². The molecule has 0 atom stereocenters. The number of aromatic nitrogens is 2. The molecule has 1 aromatic heterocycles. The Morgan fingerprint density at radius 2 is 1.71 bits per heavy atom. The molecule has 0 spiro atoms. The number of rotatable bonds is 5. The van der Waals surface area contributed by atoms with E-state index >= 15 is 0 Å². The minimum Gasteiger partial charge on any atom is -0.353 e. The largest absolute Gasteiger partial charge is 0.353 e. The highest BCUT2D eigenvalue weighted by molar-refractivity contribution is 7.92. The summed E-state index contributed by atoms with van der Waals surface area (Å²) >= 11 is 0. The van der Waals surface area contributed by atoms with Gasteiger partial charge in [-0.25, -0.2) is 8.42 Å². The van der Waals surface area contributed by atoms with Crippen molar-refractivity contribution in [2.75, 3.05) is 42.1 Å². The van der Waals surface area contributed by atoms with Gasteiger partial charge in [0.2, 0.25) is 10.0 Å². The van der Waals surface area contributed by atoms with Crippen LogP contribution in [0.15, 0.2) is 42.5 Å². The van der Waals surface area contributed by atoms with Crippen LogP contribution in [0, 0.1) is 0 Å². The van der Waals surface area contributed by atoms with Crippen LogP contribution < -0.4 is 9.62 Å². The molecule has 2 heterocycles. The summed E-state index contributed by atoms with van der Waals surface area (Å²) in [4.78, 5) is 4.58. The van der Waals surface area contributed by atoms with E-state index in [-0.39, 0.29) is 5.82 Å². The molecule has 7 nitrogen and oxygen atoms in total. The Bertz CT molecular complexity index is 757. The lowest BCUT2D eigenvalue weighted by Crippen LogP contribution is -2.46. The van der Waals surface area contributed by atoms with Crippen LogP contribution in [0.1, 0.15) is 5.56 Å². The molecule has 1 aromatic carbocycles. The van der Waals surface area contributed by atoms with Crippen LogP contribution in [-0.4, -0.2) is 55.9 Å². The van der Waals surface area contributed by atoms with E-state index < -0.39 is 10.0 Å². The maximum atomic E-state index is 11.2. The van der Waals surface area contributed by atoms with Crippen molar-refractivity contribution < 1.29 is 8.42 Å². The molecule has 0 saturated carbocycles. The molecule has 128 valence electrons. The van der Waals surface area contributed by atoms with Gasteiger partial charge < -0.3 is 4.90 Å². The quantitative estimate of drug-likeness (QED) is 0.875. The molecule has 1 fully saturated rings. The second-order valence-electron chi connectivity index (χ2n) is 5.90. The molecule has 8 heteroatoms. The maximum absolute atomic E-state index is 11.2. The summed E-state index contributed by atoms with van der Waals surface area (Å²) in [5, 5.41) is 8.06. The highest BCUT2D eigenvalue weighted by Gasteiger charge is 2.18. The van der Waals surface area contributed by atoms with Gasteiger partial charge in [-0.2, -0.15) is 0 Å². The van der Waals surface area contributed by atoms with Gasteiger partial charge in [0, 0.05) is 32.7 Å². The number of hydrogen-bond donors (Lipinski definition) is 1. The highest BCUT2D eigenvalue weighted by atomic mass is 32.2. The number of nitrogens with zero attached hydrogens (tertiary/aromatic N) is 4. The molecule has 1 aliphatic heterocycles.